The molecule has 0 bridgehead atoms. The van der Waals surface area contributed by atoms with Gasteiger partial charge in [0.2, 0.25) is 0 Å². The van der Waals surface area contributed by atoms with E-state index in [4.69, 9.17) is 5.73 Å². The Morgan fingerprint density at radius 1 is 1.30 bits per heavy atom. The van der Waals surface area contributed by atoms with Crippen LogP contribution in [0.5, 0.6) is 0 Å². The van der Waals surface area contributed by atoms with E-state index < -0.39 is 0 Å². The molecule has 0 amide bonds. The van der Waals surface area contributed by atoms with Crippen LogP contribution in [0.2, 0.25) is 0 Å². The lowest BCUT2D eigenvalue weighted by Crippen LogP contribution is -2.45. The maximum Gasteiger partial charge on any atom is 0.128 e. The molecule has 20 heavy (non-hydrogen) atoms. The number of anilines is 1. The van der Waals surface area contributed by atoms with Gasteiger partial charge in [-0.2, -0.15) is 0 Å². The molecule has 2 fully saturated rings. The lowest BCUT2D eigenvalue weighted by atomic mass is 9.99. The topological polar surface area (TPSA) is 54.2 Å². The van der Waals surface area contributed by atoms with E-state index in [1.165, 1.54) is 24.8 Å². The zero-order valence-electron chi connectivity index (χ0n) is 11.6. The number of aromatic nitrogens is 1. The molecule has 3 N–H and O–H groups in total. The summed E-state index contributed by atoms with van der Waals surface area (Å²) in [6.07, 6.45) is 5.81. The number of nitrogens with two attached hydrogens (primary N) is 1. The first kappa shape index (κ1) is 17.5. The molecule has 6 heteroatoms. The lowest BCUT2D eigenvalue weighted by molar-refractivity contribution is 0.161. The van der Waals surface area contributed by atoms with E-state index in [-0.39, 0.29) is 24.8 Å². The molecule has 0 spiro atoms. The molecule has 0 unspecified atom stereocenters. The van der Waals surface area contributed by atoms with Gasteiger partial charge in [-0.05, 0) is 18.4 Å². The Morgan fingerprint density at radius 3 is 2.60 bits per heavy atom. The van der Waals surface area contributed by atoms with Crippen molar-refractivity contribution in [1.29, 1.82) is 0 Å². The van der Waals surface area contributed by atoms with Crippen molar-refractivity contribution >= 4 is 30.6 Å². The minimum atomic E-state index is 0. The Labute approximate surface area is 133 Å². The van der Waals surface area contributed by atoms with E-state index in [0.717, 1.165) is 32.1 Å². The highest BCUT2D eigenvalue weighted by molar-refractivity contribution is 5.85. The van der Waals surface area contributed by atoms with Crippen LogP contribution in [-0.4, -0.2) is 36.1 Å². The van der Waals surface area contributed by atoms with E-state index >= 15 is 0 Å². The Balaban J connectivity index is 0.000001000. The molecule has 3 rings (SSSR count). The highest BCUT2D eigenvalue weighted by Crippen LogP contribution is 2.41. The average molecular weight is 319 g/mol. The van der Waals surface area contributed by atoms with Crippen LogP contribution in [0.1, 0.15) is 30.9 Å². The highest BCUT2D eigenvalue weighted by Gasteiger charge is 2.31. The van der Waals surface area contributed by atoms with Crippen LogP contribution in [0.15, 0.2) is 18.3 Å². The van der Waals surface area contributed by atoms with Crippen LogP contribution in [0.4, 0.5) is 5.82 Å². The predicted molar refractivity (Wildman–Crippen MR) is 87.7 cm³/mol. The van der Waals surface area contributed by atoms with Gasteiger partial charge in [-0.15, -0.1) is 24.8 Å². The summed E-state index contributed by atoms with van der Waals surface area (Å²) in [4.78, 5) is 6.83. The van der Waals surface area contributed by atoms with Gasteiger partial charge in [-0.3, -0.25) is 4.90 Å². The molecule has 1 saturated heterocycles. The number of halogens is 2. The number of hydrogen-bond acceptors (Lipinski definition) is 4. The fraction of sp³-hybridized carbons (Fsp3) is 0.643. The Morgan fingerprint density at radius 2 is 2.00 bits per heavy atom. The van der Waals surface area contributed by atoms with Crippen molar-refractivity contribution in [2.24, 2.45) is 5.92 Å². The van der Waals surface area contributed by atoms with Crippen molar-refractivity contribution in [1.82, 2.24) is 15.2 Å². The monoisotopic (exact) mass is 318 g/mol. The van der Waals surface area contributed by atoms with Gasteiger partial charge in [-0.1, -0.05) is 18.9 Å². The van der Waals surface area contributed by atoms with Crippen molar-refractivity contribution in [2.75, 3.05) is 31.9 Å². The zero-order chi connectivity index (χ0) is 12.4. The Hall–Kier alpha value is -0.550. The molecular weight excluding hydrogens is 295 g/mol. The molecule has 1 saturated carbocycles. The molecule has 114 valence electrons. The Kier molecular flexibility index (Phi) is 7.03. The summed E-state index contributed by atoms with van der Waals surface area (Å²) in [7, 11) is 0. The number of piperazine rings is 1. The van der Waals surface area contributed by atoms with E-state index in [1.54, 1.807) is 6.20 Å². The normalized spacial score (nSPS) is 20.6. The molecule has 1 aromatic heterocycles. The first-order valence-electron chi connectivity index (χ1n) is 7.00. The molecular formula is C14H24Cl2N4. The van der Waals surface area contributed by atoms with E-state index in [9.17, 15) is 0 Å². The minimum absolute atomic E-state index is 0. The molecule has 0 radical (unpaired) electrons. The van der Waals surface area contributed by atoms with Gasteiger partial charge in [0.25, 0.3) is 0 Å². The van der Waals surface area contributed by atoms with Gasteiger partial charge >= 0.3 is 0 Å². The van der Waals surface area contributed by atoms with Crippen LogP contribution in [0, 0.1) is 5.92 Å². The number of nitrogens with one attached hydrogen (secondary N) is 1. The summed E-state index contributed by atoms with van der Waals surface area (Å²) in [5, 5.41) is 3.42. The average Bonchev–Trinajstić information content (AvgIpc) is 3.22. The fourth-order valence-corrected chi connectivity index (χ4v) is 2.85. The van der Waals surface area contributed by atoms with Gasteiger partial charge in [0.1, 0.15) is 5.82 Å². The number of hydrogen-bond donors (Lipinski definition) is 2. The molecule has 1 aromatic rings. The molecule has 4 nitrogen and oxygen atoms in total. The number of nitrogen functional groups attached to an aromatic ring is 1. The summed E-state index contributed by atoms with van der Waals surface area (Å²) >= 11 is 0. The van der Waals surface area contributed by atoms with Gasteiger partial charge in [0.05, 0.1) is 0 Å². The van der Waals surface area contributed by atoms with Gasteiger partial charge in [0.15, 0.2) is 0 Å². The minimum Gasteiger partial charge on any atom is -0.383 e. The molecule has 1 aliphatic carbocycles. The maximum atomic E-state index is 6.07. The van der Waals surface area contributed by atoms with Crippen molar-refractivity contribution in [2.45, 2.75) is 25.3 Å². The summed E-state index contributed by atoms with van der Waals surface area (Å²) in [5.41, 5.74) is 7.30. The Bertz CT molecular complexity index is 406. The van der Waals surface area contributed by atoms with Gasteiger partial charge in [-0.25, -0.2) is 4.98 Å². The van der Waals surface area contributed by atoms with Crippen molar-refractivity contribution in [3.63, 3.8) is 0 Å². The SMILES string of the molecule is Cl.Cl.Nc1ncccc1[C@@H](CC1CC1)N1CCNCC1. The third-order valence-electron chi connectivity index (χ3n) is 4.08. The second-order valence-corrected chi connectivity index (χ2v) is 5.46. The number of nitrogens with zero attached hydrogens (tertiary/aromatic N) is 2. The van der Waals surface area contributed by atoms with Crippen molar-refractivity contribution in [3.05, 3.63) is 23.9 Å². The standard InChI is InChI=1S/C14H22N4.2ClH/c15-14-12(2-1-5-17-14)13(10-11-3-4-11)18-8-6-16-7-9-18;;/h1-2,5,11,13,16H,3-4,6-10H2,(H2,15,17);2*1H/t13-;;/m1../s1. The molecule has 2 heterocycles. The van der Waals surface area contributed by atoms with E-state index in [0.29, 0.717) is 11.9 Å². The van der Waals surface area contributed by atoms with E-state index in [1.807, 2.05) is 6.07 Å². The van der Waals surface area contributed by atoms with Crippen LogP contribution in [0.3, 0.4) is 0 Å². The van der Waals surface area contributed by atoms with Crippen LogP contribution in [-0.2, 0) is 0 Å². The first-order valence-corrected chi connectivity index (χ1v) is 7.00. The third kappa shape index (κ3) is 4.22. The van der Waals surface area contributed by atoms with Crippen LogP contribution in [0.25, 0.3) is 0 Å². The van der Waals surface area contributed by atoms with Crippen molar-refractivity contribution < 1.29 is 0 Å². The smallest absolute Gasteiger partial charge is 0.128 e. The summed E-state index contributed by atoms with van der Waals surface area (Å²) in [6.45, 7) is 4.40. The van der Waals surface area contributed by atoms with Gasteiger partial charge in [0, 0.05) is 44.0 Å². The van der Waals surface area contributed by atoms with Crippen LogP contribution < -0.4 is 11.1 Å². The number of pyridine rings is 1. The number of rotatable bonds is 4. The van der Waals surface area contributed by atoms with Gasteiger partial charge < -0.3 is 11.1 Å². The quantitative estimate of drug-likeness (QED) is 0.894. The second kappa shape index (κ2) is 8.03. The maximum absolute atomic E-state index is 6.07. The fourth-order valence-electron chi connectivity index (χ4n) is 2.85. The van der Waals surface area contributed by atoms with Crippen LogP contribution >= 0.6 is 24.8 Å². The third-order valence-corrected chi connectivity index (χ3v) is 4.08. The molecule has 1 aliphatic heterocycles. The molecule has 2 aliphatic rings. The van der Waals surface area contributed by atoms with Crippen molar-refractivity contribution in [3.8, 4) is 0 Å². The molecule has 1 atom stereocenters. The predicted octanol–water partition coefficient (Wildman–Crippen LogP) is 2.25. The summed E-state index contributed by atoms with van der Waals surface area (Å²) < 4.78 is 0. The second-order valence-electron chi connectivity index (χ2n) is 5.46. The molecule has 0 aromatic carbocycles. The lowest BCUT2D eigenvalue weighted by Gasteiger charge is -2.35. The van der Waals surface area contributed by atoms with E-state index in [2.05, 4.69) is 21.3 Å². The largest absolute Gasteiger partial charge is 0.383 e. The summed E-state index contributed by atoms with van der Waals surface area (Å²) in [6, 6.07) is 4.62. The summed E-state index contributed by atoms with van der Waals surface area (Å²) in [5.74, 6) is 1.62. The highest BCUT2D eigenvalue weighted by atomic mass is 35.5. The zero-order valence-corrected chi connectivity index (χ0v) is 13.3. The first-order chi connectivity index (χ1) is 8.84.